The molecule has 14 heteroatoms. The van der Waals surface area contributed by atoms with Crippen LogP contribution < -0.4 is 10.1 Å². The Labute approximate surface area is 227 Å². The number of ether oxygens (including phenoxy) is 4. The average molecular weight is 561 g/mol. The van der Waals surface area contributed by atoms with Gasteiger partial charge in [0, 0.05) is 24.6 Å². The maximum atomic E-state index is 15.6. The number of hydrogen-bond donors (Lipinski definition) is 2. The molecule has 4 aliphatic rings. The van der Waals surface area contributed by atoms with E-state index in [1.165, 1.54) is 19.4 Å². The summed E-state index contributed by atoms with van der Waals surface area (Å²) in [6.45, 7) is 2.25. The smallest absolute Gasteiger partial charge is 0.409 e. The number of aliphatic hydroxyl groups excluding tert-OH is 1. The Bertz CT molecular complexity index is 1470. The summed E-state index contributed by atoms with van der Waals surface area (Å²) in [5.41, 5.74) is 1.39. The van der Waals surface area contributed by atoms with Crippen LogP contribution in [-0.2, 0) is 20.8 Å². The number of carbonyl (C=O) groups excluding carboxylic acids is 1. The maximum absolute atomic E-state index is 15.6. The van der Waals surface area contributed by atoms with Crippen molar-refractivity contribution in [3.05, 3.63) is 28.9 Å². The number of benzene rings is 1. The first-order chi connectivity index (χ1) is 18.9. The Morgan fingerprint density at radius 2 is 2.21 bits per heavy atom. The summed E-state index contributed by atoms with van der Waals surface area (Å²) in [5.74, 6) is 0.775. The Morgan fingerprint density at radius 3 is 3.05 bits per heavy atom. The molecule has 1 aromatic carbocycles. The van der Waals surface area contributed by atoms with Gasteiger partial charge in [-0.3, -0.25) is 0 Å². The van der Waals surface area contributed by atoms with Crippen LogP contribution in [0.25, 0.3) is 22.3 Å². The van der Waals surface area contributed by atoms with E-state index < -0.39 is 18.2 Å². The first-order valence-electron chi connectivity index (χ1n) is 12.8. The first kappa shape index (κ1) is 24.8. The fourth-order valence-electron chi connectivity index (χ4n) is 5.94. The molecule has 5 atom stereocenters. The van der Waals surface area contributed by atoms with E-state index in [-0.39, 0.29) is 40.6 Å². The largest absolute Gasteiger partial charge is 0.489 e. The second-order valence-electron chi connectivity index (χ2n) is 10.1. The van der Waals surface area contributed by atoms with Gasteiger partial charge in [-0.05, 0) is 18.9 Å². The molecule has 6 heterocycles. The van der Waals surface area contributed by atoms with E-state index in [2.05, 4.69) is 20.3 Å². The molecule has 4 aliphatic heterocycles. The third-order valence-electron chi connectivity index (χ3n) is 7.80. The molecule has 7 rings (SSSR count). The van der Waals surface area contributed by atoms with Gasteiger partial charge in [0.2, 0.25) is 5.95 Å². The second kappa shape index (κ2) is 9.44. The first-order valence-corrected chi connectivity index (χ1v) is 13.2. The van der Waals surface area contributed by atoms with E-state index in [1.54, 1.807) is 4.90 Å². The zero-order valence-corrected chi connectivity index (χ0v) is 21.7. The molecule has 3 aromatic rings. The van der Waals surface area contributed by atoms with Crippen LogP contribution in [0.4, 0.5) is 15.1 Å². The van der Waals surface area contributed by atoms with Crippen molar-refractivity contribution in [2.75, 3.05) is 38.7 Å². The minimum absolute atomic E-state index is 0.0612. The van der Waals surface area contributed by atoms with Crippen molar-refractivity contribution < 1.29 is 33.2 Å². The van der Waals surface area contributed by atoms with Gasteiger partial charge in [-0.1, -0.05) is 11.6 Å². The average Bonchev–Trinajstić information content (AvgIpc) is 3.68. The molecule has 2 bridgehead atoms. The summed E-state index contributed by atoms with van der Waals surface area (Å²) >= 11 is 6.53. The molecule has 3 fully saturated rings. The Morgan fingerprint density at radius 1 is 1.33 bits per heavy atom. The SMILES string of the molecule is COC(=O)N1CC[C@@H](c2nc3c(F)cc(-c4nc(N[C@@H]5C[C@H]6CO[C@H](O6)[C@H]5O)ncc4Cl)c4c3n2CCO4)C1. The molecule has 3 saturated heterocycles. The lowest BCUT2D eigenvalue weighted by molar-refractivity contribution is -0.156. The summed E-state index contributed by atoms with van der Waals surface area (Å²) in [5, 5.41) is 14.0. The summed E-state index contributed by atoms with van der Waals surface area (Å²) in [7, 11) is 1.35. The molecular formula is C25H26ClFN6O6. The van der Waals surface area contributed by atoms with Crippen molar-refractivity contribution in [2.24, 2.45) is 0 Å². The quantitative estimate of drug-likeness (QED) is 0.490. The Hall–Kier alpha value is -3.26. The van der Waals surface area contributed by atoms with Gasteiger partial charge in [-0.2, -0.15) is 0 Å². The van der Waals surface area contributed by atoms with E-state index in [0.29, 0.717) is 74.0 Å². The second-order valence-corrected chi connectivity index (χ2v) is 10.5. The number of amides is 1. The van der Waals surface area contributed by atoms with Crippen molar-refractivity contribution in [3.63, 3.8) is 0 Å². The number of nitrogens with zero attached hydrogens (tertiary/aromatic N) is 5. The van der Waals surface area contributed by atoms with Crippen LogP contribution in [0.15, 0.2) is 12.3 Å². The number of hydrogen-bond acceptors (Lipinski definition) is 10. The van der Waals surface area contributed by atoms with Crippen LogP contribution in [0.5, 0.6) is 5.75 Å². The van der Waals surface area contributed by atoms with E-state index >= 15 is 4.39 Å². The van der Waals surface area contributed by atoms with Gasteiger partial charge in [0.25, 0.3) is 0 Å². The van der Waals surface area contributed by atoms with Gasteiger partial charge in [0.1, 0.15) is 29.6 Å². The van der Waals surface area contributed by atoms with E-state index in [4.69, 9.17) is 30.5 Å². The van der Waals surface area contributed by atoms with Gasteiger partial charge >= 0.3 is 6.09 Å². The minimum Gasteiger partial charge on any atom is -0.489 e. The lowest BCUT2D eigenvalue weighted by atomic mass is 10.0. The predicted molar refractivity (Wildman–Crippen MR) is 135 cm³/mol. The number of nitrogens with one attached hydrogen (secondary N) is 1. The standard InChI is InChI=1S/C25H26ClFN6O6/c1-36-25(35)32-3-2-11(9-32)22-30-18-15(27)7-13(21-19(18)33(22)4-5-37-21)17-14(26)8-28-24(31-17)29-16-6-12-10-38-23(39-12)20(16)34/h7-8,11-12,16,20,23,34H,2-6,9-10H2,1H3,(H,28,29,31)/t11-,12+,16-,20+,23-/m1/s1. The molecular weight excluding hydrogens is 535 g/mol. The molecule has 0 aliphatic carbocycles. The Balaban J connectivity index is 1.26. The third-order valence-corrected chi connectivity index (χ3v) is 8.07. The highest BCUT2D eigenvalue weighted by molar-refractivity contribution is 6.33. The topological polar surface area (TPSA) is 133 Å². The minimum atomic E-state index is -0.900. The van der Waals surface area contributed by atoms with E-state index in [9.17, 15) is 9.90 Å². The van der Waals surface area contributed by atoms with Crippen molar-refractivity contribution in [1.82, 2.24) is 24.4 Å². The summed E-state index contributed by atoms with van der Waals surface area (Å²) < 4.78 is 39.5. The Kier molecular flexibility index (Phi) is 5.99. The van der Waals surface area contributed by atoms with E-state index in [0.717, 1.165) is 0 Å². The number of aliphatic hydroxyl groups is 1. The molecule has 0 spiro atoms. The predicted octanol–water partition coefficient (Wildman–Crippen LogP) is 2.52. The number of imidazole rings is 1. The van der Waals surface area contributed by atoms with Crippen LogP contribution in [-0.4, -0.2) is 93.6 Å². The lowest BCUT2D eigenvalue weighted by Gasteiger charge is -2.32. The number of carbonyl (C=O) groups is 1. The number of halogens is 2. The van der Waals surface area contributed by atoms with Crippen molar-refractivity contribution in [3.8, 4) is 17.0 Å². The zero-order valence-electron chi connectivity index (χ0n) is 21.0. The van der Waals surface area contributed by atoms with Gasteiger partial charge in [-0.15, -0.1) is 0 Å². The number of likely N-dealkylation sites (tertiary alicyclic amines) is 1. The van der Waals surface area contributed by atoms with Gasteiger partial charge in [0.15, 0.2) is 17.9 Å². The molecule has 2 N–H and O–H groups in total. The molecule has 1 amide bonds. The van der Waals surface area contributed by atoms with Crippen LogP contribution >= 0.6 is 11.6 Å². The lowest BCUT2D eigenvalue weighted by Crippen LogP contribution is -2.48. The van der Waals surface area contributed by atoms with Gasteiger partial charge in [-0.25, -0.2) is 24.1 Å². The number of aromatic nitrogens is 4. The monoisotopic (exact) mass is 560 g/mol. The highest BCUT2D eigenvalue weighted by atomic mass is 35.5. The van der Waals surface area contributed by atoms with Crippen LogP contribution in [0.2, 0.25) is 5.02 Å². The molecule has 2 aromatic heterocycles. The normalized spacial score (nSPS) is 27.6. The number of rotatable bonds is 4. The molecule has 12 nitrogen and oxygen atoms in total. The van der Waals surface area contributed by atoms with E-state index in [1.807, 2.05) is 4.57 Å². The van der Waals surface area contributed by atoms with Gasteiger partial charge in [0.05, 0.1) is 49.3 Å². The van der Waals surface area contributed by atoms with Crippen LogP contribution in [0.3, 0.4) is 0 Å². The van der Waals surface area contributed by atoms with Crippen molar-refractivity contribution in [1.29, 1.82) is 0 Å². The molecule has 0 radical (unpaired) electrons. The maximum Gasteiger partial charge on any atom is 0.409 e. The number of anilines is 1. The van der Waals surface area contributed by atoms with Crippen molar-refractivity contribution >= 4 is 34.7 Å². The van der Waals surface area contributed by atoms with Crippen LogP contribution in [0, 0.1) is 5.82 Å². The number of fused-ring (bicyclic) bond motifs is 2. The summed E-state index contributed by atoms with van der Waals surface area (Å²) in [4.78, 5) is 27.2. The summed E-state index contributed by atoms with van der Waals surface area (Å²) in [6, 6.07) is 0.938. The highest BCUT2D eigenvalue weighted by Crippen LogP contribution is 2.44. The fourth-order valence-corrected chi connectivity index (χ4v) is 6.13. The molecule has 206 valence electrons. The molecule has 39 heavy (non-hydrogen) atoms. The van der Waals surface area contributed by atoms with Crippen LogP contribution in [0.1, 0.15) is 24.6 Å². The molecule has 0 saturated carbocycles. The number of methoxy groups -OCH3 is 1. The summed E-state index contributed by atoms with van der Waals surface area (Å²) in [6.07, 6.45) is 0.542. The highest BCUT2D eigenvalue weighted by Gasteiger charge is 2.43. The van der Waals surface area contributed by atoms with Gasteiger partial charge < -0.3 is 38.8 Å². The zero-order chi connectivity index (χ0) is 26.8. The van der Waals surface area contributed by atoms with Crippen molar-refractivity contribution in [2.45, 2.75) is 49.8 Å². The third kappa shape index (κ3) is 4.06. The molecule has 0 unspecified atom stereocenters. The fraction of sp³-hybridized carbons (Fsp3) is 0.520.